The van der Waals surface area contributed by atoms with Crippen LogP contribution in [0.3, 0.4) is 0 Å². The summed E-state index contributed by atoms with van der Waals surface area (Å²) in [7, 11) is 0. The molecule has 0 aliphatic carbocycles. The van der Waals surface area contributed by atoms with Crippen LogP contribution >= 0.6 is 0 Å². The number of fused-ring (bicyclic) bond motifs is 5. The summed E-state index contributed by atoms with van der Waals surface area (Å²) in [5, 5.41) is 0. The Labute approximate surface area is 104 Å². The topological polar surface area (TPSA) is 17.3 Å². The average molecular weight is 285 g/mol. The van der Waals surface area contributed by atoms with E-state index in [-0.39, 0.29) is 0 Å². The number of aromatic nitrogens is 2. The van der Waals surface area contributed by atoms with Gasteiger partial charge in [0.05, 0.1) is 0 Å². The summed E-state index contributed by atoms with van der Waals surface area (Å²) in [6.07, 6.45) is 0. The zero-order valence-corrected chi connectivity index (χ0v) is 11.1. The van der Waals surface area contributed by atoms with Crippen LogP contribution in [0.25, 0.3) is 25.3 Å². The normalized spacial score (nSPS) is 11.8. The Morgan fingerprint density at radius 2 is 1.82 bits per heavy atom. The van der Waals surface area contributed by atoms with Gasteiger partial charge < -0.3 is 0 Å². The maximum atomic E-state index is 4.80. The van der Waals surface area contributed by atoms with Crippen LogP contribution in [0.5, 0.6) is 0 Å². The van der Waals surface area contributed by atoms with Crippen molar-refractivity contribution in [2.45, 2.75) is 6.92 Å². The van der Waals surface area contributed by atoms with Gasteiger partial charge in [-0.25, -0.2) is 0 Å². The van der Waals surface area contributed by atoms with Crippen molar-refractivity contribution in [3.8, 4) is 0 Å². The fourth-order valence-corrected chi connectivity index (χ4v) is 4.51. The van der Waals surface area contributed by atoms with Crippen molar-refractivity contribution < 1.29 is 0 Å². The van der Waals surface area contributed by atoms with Gasteiger partial charge >= 0.3 is 104 Å². The minimum absolute atomic E-state index is 0.349. The monoisotopic (exact) mass is 286 g/mol. The molecule has 4 rings (SSSR count). The molecule has 0 aliphatic rings. The van der Waals surface area contributed by atoms with Gasteiger partial charge in [0.25, 0.3) is 0 Å². The molecule has 4 aromatic rings. The second-order valence-corrected chi connectivity index (χ2v) is 6.36. The number of para-hydroxylation sites is 2. The number of nitrogens with zero attached hydrogens (tertiary/aromatic N) is 2. The quantitative estimate of drug-likeness (QED) is 0.454. The number of aryl methyl sites for hydroxylation is 1. The van der Waals surface area contributed by atoms with Gasteiger partial charge in [-0.05, 0) is 0 Å². The third-order valence-corrected chi connectivity index (χ3v) is 5.31. The van der Waals surface area contributed by atoms with Gasteiger partial charge in [-0.15, -0.1) is 0 Å². The number of hydrogen-bond acceptors (Lipinski definition) is 1. The Hall–Kier alpha value is -1.57. The Kier molecular flexibility index (Phi) is 1.79. The van der Waals surface area contributed by atoms with Crippen molar-refractivity contribution in [1.82, 2.24) is 9.38 Å². The molecule has 2 nitrogen and oxygen atoms in total. The number of hydrogen-bond donors (Lipinski definition) is 0. The van der Waals surface area contributed by atoms with E-state index >= 15 is 0 Å². The minimum atomic E-state index is 0.349. The first-order valence-electron chi connectivity index (χ1n) is 5.60. The zero-order chi connectivity index (χ0) is 11.4. The molecule has 3 heteroatoms. The van der Waals surface area contributed by atoms with E-state index in [1.165, 1.54) is 25.4 Å². The summed E-state index contributed by atoms with van der Waals surface area (Å²) in [5.41, 5.74) is 4.97. The molecule has 0 unspecified atom stereocenters. The molecule has 0 radical (unpaired) electrons. The molecule has 0 spiro atoms. The molecule has 0 saturated carbocycles. The summed E-state index contributed by atoms with van der Waals surface area (Å²) < 4.78 is 4.98. The summed E-state index contributed by atoms with van der Waals surface area (Å²) in [5.74, 6) is 0. The van der Waals surface area contributed by atoms with Crippen molar-refractivity contribution >= 4 is 39.8 Å². The van der Waals surface area contributed by atoms with Crippen molar-refractivity contribution in [2.75, 3.05) is 0 Å². The van der Waals surface area contributed by atoms with Crippen LogP contribution in [0.1, 0.15) is 5.56 Å². The van der Waals surface area contributed by atoms with Crippen LogP contribution in [-0.4, -0.2) is 23.9 Å². The van der Waals surface area contributed by atoms with Gasteiger partial charge in [-0.1, -0.05) is 0 Å². The average Bonchev–Trinajstić information content (AvgIpc) is 2.85. The molecule has 0 N–H and O–H groups in total. The van der Waals surface area contributed by atoms with Crippen LogP contribution in [0, 0.1) is 6.92 Å². The molecule has 17 heavy (non-hydrogen) atoms. The van der Waals surface area contributed by atoms with Crippen molar-refractivity contribution in [3.05, 3.63) is 48.0 Å². The first-order valence-corrected chi connectivity index (χ1v) is 7.31. The van der Waals surface area contributed by atoms with E-state index in [0.29, 0.717) is 14.5 Å². The number of benzene rings is 2. The second kappa shape index (κ2) is 3.22. The summed E-state index contributed by atoms with van der Waals surface area (Å²) in [6, 6.07) is 15.0. The third-order valence-electron chi connectivity index (χ3n) is 3.16. The Morgan fingerprint density at radius 1 is 1.00 bits per heavy atom. The predicted octanol–water partition coefficient (Wildman–Crippen LogP) is 3.01. The van der Waals surface area contributed by atoms with E-state index in [4.69, 9.17) is 4.98 Å². The van der Waals surface area contributed by atoms with E-state index in [2.05, 4.69) is 53.8 Å². The molecule has 2 heterocycles. The Balaban J connectivity index is 2.36. The summed E-state index contributed by atoms with van der Waals surface area (Å²) >= 11 is 0.349. The van der Waals surface area contributed by atoms with Crippen LogP contribution < -0.4 is 0 Å². The molecule has 0 aliphatic heterocycles. The summed E-state index contributed by atoms with van der Waals surface area (Å²) in [4.78, 5) is 4.80. The van der Waals surface area contributed by atoms with Crippen LogP contribution in [0.2, 0.25) is 0 Å². The van der Waals surface area contributed by atoms with E-state index < -0.39 is 0 Å². The Bertz CT molecular complexity index is 854. The van der Waals surface area contributed by atoms with Gasteiger partial charge in [0.1, 0.15) is 0 Å². The molecule has 0 fully saturated rings. The first-order chi connectivity index (χ1) is 8.34. The molecule has 0 atom stereocenters. The van der Waals surface area contributed by atoms with Crippen molar-refractivity contribution in [2.24, 2.45) is 0 Å². The van der Waals surface area contributed by atoms with Gasteiger partial charge in [0.2, 0.25) is 0 Å². The van der Waals surface area contributed by atoms with Gasteiger partial charge in [-0.2, -0.15) is 0 Å². The van der Waals surface area contributed by atoms with Crippen molar-refractivity contribution in [3.63, 3.8) is 0 Å². The second-order valence-electron chi connectivity index (χ2n) is 4.24. The first kappa shape index (κ1) is 9.46. The Morgan fingerprint density at radius 3 is 2.76 bits per heavy atom. The molecule has 0 amide bonds. The fourth-order valence-electron chi connectivity index (χ4n) is 2.35. The molecule has 2 aromatic heterocycles. The molecular formula is C14H10N2Se. The van der Waals surface area contributed by atoms with E-state index in [9.17, 15) is 0 Å². The van der Waals surface area contributed by atoms with E-state index in [1.807, 2.05) is 0 Å². The van der Waals surface area contributed by atoms with Gasteiger partial charge in [0.15, 0.2) is 0 Å². The zero-order valence-electron chi connectivity index (χ0n) is 9.34. The van der Waals surface area contributed by atoms with E-state index in [0.717, 1.165) is 5.52 Å². The number of rotatable bonds is 0. The number of imidazole rings is 1. The fraction of sp³-hybridized carbons (Fsp3) is 0.0714. The maximum absolute atomic E-state index is 4.80. The summed E-state index contributed by atoms with van der Waals surface area (Å²) in [6.45, 7) is 2.13. The van der Waals surface area contributed by atoms with E-state index in [1.54, 1.807) is 0 Å². The van der Waals surface area contributed by atoms with Crippen molar-refractivity contribution in [1.29, 1.82) is 0 Å². The molecular weight excluding hydrogens is 275 g/mol. The molecule has 82 valence electrons. The predicted molar refractivity (Wildman–Crippen MR) is 71.9 cm³/mol. The van der Waals surface area contributed by atoms with Crippen LogP contribution in [0.4, 0.5) is 0 Å². The van der Waals surface area contributed by atoms with Crippen LogP contribution in [0.15, 0.2) is 42.5 Å². The molecule has 2 aromatic carbocycles. The van der Waals surface area contributed by atoms with Gasteiger partial charge in [0, 0.05) is 0 Å². The standard InChI is InChI=1S/C14H10N2Se/c1-9-5-4-7-11-13(9)15-14-16(11)10-6-2-3-8-12(10)17-14/h2-8H,1H3. The van der Waals surface area contributed by atoms with Crippen LogP contribution in [-0.2, 0) is 0 Å². The van der Waals surface area contributed by atoms with Gasteiger partial charge in [-0.3, -0.25) is 0 Å². The third kappa shape index (κ3) is 1.18. The molecule has 0 saturated heterocycles. The SMILES string of the molecule is Cc1cccc2c1nc1[se]c3ccccc3n12. The molecule has 0 bridgehead atoms.